The van der Waals surface area contributed by atoms with Gasteiger partial charge in [0.15, 0.2) is 11.5 Å². The molecule has 2 atom stereocenters. The first-order chi connectivity index (χ1) is 8.60. The summed E-state index contributed by atoms with van der Waals surface area (Å²) in [5.74, 6) is 1.41. The molecule has 18 heavy (non-hydrogen) atoms. The first kappa shape index (κ1) is 13.5. The molecule has 4 heteroatoms. The smallest absolute Gasteiger partial charge is 0.162 e. The zero-order valence-electron chi connectivity index (χ0n) is 10.9. The van der Waals surface area contributed by atoms with Crippen molar-refractivity contribution in [1.82, 2.24) is 5.32 Å². The average Bonchev–Trinajstić information content (AvgIpc) is 2.75. The highest BCUT2D eigenvalue weighted by molar-refractivity contribution is 6.30. The van der Waals surface area contributed by atoms with Crippen molar-refractivity contribution in [2.45, 2.75) is 38.8 Å². The van der Waals surface area contributed by atoms with E-state index < -0.39 is 0 Å². The number of benzene rings is 1. The van der Waals surface area contributed by atoms with Crippen molar-refractivity contribution >= 4 is 11.6 Å². The van der Waals surface area contributed by atoms with E-state index in [0.717, 1.165) is 11.5 Å². The number of methoxy groups -OCH3 is 1. The Kier molecular flexibility index (Phi) is 4.36. The van der Waals surface area contributed by atoms with Crippen molar-refractivity contribution in [1.29, 1.82) is 0 Å². The number of hydrogen-bond donors (Lipinski definition) is 2. The first-order valence-electron chi connectivity index (χ1n) is 6.39. The topological polar surface area (TPSA) is 41.5 Å². The van der Waals surface area contributed by atoms with Crippen LogP contribution in [0.4, 0.5) is 0 Å². The van der Waals surface area contributed by atoms with Crippen molar-refractivity contribution in [3.63, 3.8) is 0 Å². The summed E-state index contributed by atoms with van der Waals surface area (Å²) in [4.78, 5) is 0. The minimum absolute atomic E-state index is 0.181. The van der Waals surface area contributed by atoms with Gasteiger partial charge < -0.3 is 15.2 Å². The van der Waals surface area contributed by atoms with Gasteiger partial charge >= 0.3 is 0 Å². The molecule has 0 amide bonds. The number of phenols is 1. The minimum Gasteiger partial charge on any atom is -0.504 e. The Morgan fingerprint density at radius 2 is 2.22 bits per heavy atom. The van der Waals surface area contributed by atoms with Crippen LogP contribution in [0.25, 0.3) is 0 Å². The van der Waals surface area contributed by atoms with Gasteiger partial charge in [-0.25, -0.2) is 0 Å². The third kappa shape index (κ3) is 3.09. The monoisotopic (exact) mass is 269 g/mol. The third-order valence-electron chi connectivity index (χ3n) is 3.61. The quantitative estimate of drug-likeness (QED) is 0.881. The molecule has 1 fully saturated rings. The highest BCUT2D eigenvalue weighted by atomic mass is 35.5. The standard InChI is InChI=1S/C14H20ClNO2/c1-9-3-4-12(5-9)16-8-10-6-11(15)7-13(18-2)14(10)17/h6-7,9,12,16-17H,3-5,8H2,1-2H3. The molecule has 1 aromatic carbocycles. The molecule has 0 radical (unpaired) electrons. The molecule has 0 heterocycles. The van der Waals surface area contributed by atoms with E-state index in [1.165, 1.54) is 26.4 Å². The lowest BCUT2D eigenvalue weighted by Gasteiger charge is -2.14. The van der Waals surface area contributed by atoms with Crippen LogP contribution in [0.15, 0.2) is 12.1 Å². The molecular formula is C14H20ClNO2. The molecule has 1 aliphatic rings. The highest BCUT2D eigenvalue weighted by Crippen LogP contribution is 2.33. The maximum atomic E-state index is 10.0. The van der Waals surface area contributed by atoms with Crippen molar-refractivity contribution in [2.24, 2.45) is 5.92 Å². The number of hydrogen-bond acceptors (Lipinski definition) is 3. The lowest BCUT2D eigenvalue weighted by molar-refractivity contribution is 0.368. The Balaban J connectivity index is 2.02. The van der Waals surface area contributed by atoms with Gasteiger partial charge in [-0.3, -0.25) is 0 Å². The average molecular weight is 270 g/mol. The largest absolute Gasteiger partial charge is 0.504 e. The first-order valence-corrected chi connectivity index (χ1v) is 6.76. The molecule has 0 bridgehead atoms. The number of aromatic hydroxyl groups is 1. The molecule has 0 aliphatic heterocycles. The van der Waals surface area contributed by atoms with Gasteiger partial charge in [0.05, 0.1) is 7.11 Å². The summed E-state index contributed by atoms with van der Waals surface area (Å²) < 4.78 is 5.09. The van der Waals surface area contributed by atoms with Gasteiger partial charge in [-0.1, -0.05) is 18.5 Å². The van der Waals surface area contributed by atoms with Gasteiger partial charge in [-0.2, -0.15) is 0 Å². The molecule has 2 rings (SSSR count). The van der Waals surface area contributed by atoms with E-state index in [1.807, 2.05) is 0 Å². The van der Waals surface area contributed by atoms with E-state index in [1.54, 1.807) is 12.1 Å². The molecule has 0 saturated heterocycles. The molecule has 2 unspecified atom stereocenters. The van der Waals surface area contributed by atoms with Crippen molar-refractivity contribution in [3.8, 4) is 11.5 Å². The van der Waals surface area contributed by atoms with E-state index in [9.17, 15) is 5.11 Å². The highest BCUT2D eigenvalue weighted by Gasteiger charge is 2.21. The number of phenolic OH excluding ortho intramolecular Hbond substituents is 1. The molecule has 0 aromatic heterocycles. The fourth-order valence-corrected chi connectivity index (χ4v) is 2.80. The SMILES string of the molecule is COc1cc(Cl)cc(CNC2CCC(C)C2)c1O. The fraction of sp³-hybridized carbons (Fsp3) is 0.571. The van der Waals surface area contributed by atoms with Gasteiger partial charge in [-0.15, -0.1) is 0 Å². The van der Waals surface area contributed by atoms with Gasteiger partial charge in [0.25, 0.3) is 0 Å². The predicted molar refractivity (Wildman–Crippen MR) is 73.3 cm³/mol. The van der Waals surface area contributed by atoms with Gasteiger partial charge in [0, 0.05) is 29.2 Å². The summed E-state index contributed by atoms with van der Waals surface area (Å²) in [5, 5.41) is 14.1. The second kappa shape index (κ2) is 5.81. The normalized spacial score (nSPS) is 23.3. The molecule has 2 N–H and O–H groups in total. The molecule has 3 nitrogen and oxygen atoms in total. The maximum Gasteiger partial charge on any atom is 0.162 e. The second-order valence-electron chi connectivity index (χ2n) is 5.11. The van der Waals surface area contributed by atoms with E-state index >= 15 is 0 Å². The molecule has 100 valence electrons. The zero-order valence-corrected chi connectivity index (χ0v) is 11.6. The van der Waals surface area contributed by atoms with E-state index in [0.29, 0.717) is 23.4 Å². The van der Waals surface area contributed by atoms with Crippen LogP contribution < -0.4 is 10.1 Å². The Morgan fingerprint density at radius 1 is 1.44 bits per heavy atom. The molecule has 1 saturated carbocycles. The zero-order chi connectivity index (χ0) is 13.1. The summed E-state index contributed by atoms with van der Waals surface area (Å²) >= 11 is 6.00. The van der Waals surface area contributed by atoms with Crippen LogP contribution in [0.5, 0.6) is 11.5 Å². The summed E-state index contributed by atoms with van der Waals surface area (Å²) in [6.07, 6.45) is 3.70. The minimum atomic E-state index is 0.181. The van der Waals surface area contributed by atoms with Gasteiger partial charge in [-0.05, 0) is 31.2 Å². The van der Waals surface area contributed by atoms with Crippen LogP contribution in [0.3, 0.4) is 0 Å². The molecule has 1 aromatic rings. The Bertz CT molecular complexity index is 423. The maximum absolute atomic E-state index is 10.0. The lowest BCUT2D eigenvalue weighted by Crippen LogP contribution is -2.25. The van der Waals surface area contributed by atoms with Crippen molar-refractivity contribution < 1.29 is 9.84 Å². The van der Waals surface area contributed by atoms with Crippen molar-refractivity contribution in [2.75, 3.05) is 7.11 Å². The lowest BCUT2D eigenvalue weighted by atomic mass is 10.1. The van der Waals surface area contributed by atoms with E-state index in [-0.39, 0.29) is 5.75 Å². The fourth-order valence-electron chi connectivity index (χ4n) is 2.57. The van der Waals surface area contributed by atoms with Gasteiger partial charge in [0.2, 0.25) is 0 Å². The number of nitrogens with one attached hydrogen (secondary N) is 1. The summed E-state index contributed by atoms with van der Waals surface area (Å²) in [6.45, 7) is 2.90. The summed E-state index contributed by atoms with van der Waals surface area (Å²) in [6, 6.07) is 3.95. The van der Waals surface area contributed by atoms with Crippen LogP contribution in [0.1, 0.15) is 31.7 Å². The van der Waals surface area contributed by atoms with E-state index in [2.05, 4.69) is 12.2 Å². The van der Waals surface area contributed by atoms with E-state index in [4.69, 9.17) is 16.3 Å². The number of halogens is 1. The van der Waals surface area contributed by atoms with Crippen LogP contribution >= 0.6 is 11.6 Å². The third-order valence-corrected chi connectivity index (χ3v) is 3.83. The van der Waals surface area contributed by atoms with Crippen LogP contribution in [-0.2, 0) is 6.54 Å². The molecule has 0 spiro atoms. The number of rotatable bonds is 4. The Morgan fingerprint density at radius 3 is 2.83 bits per heavy atom. The Hall–Kier alpha value is -0.930. The van der Waals surface area contributed by atoms with Crippen LogP contribution in [0, 0.1) is 5.92 Å². The van der Waals surface area contributed by atoms with Crippen LogP contribution in [-0.4, -0.2) is 18.3 Å². The second-order valence-corrected chi connectivity index (χ2v) is 5.55. The summed E-state index contributed by atoms with van der Waals surface area (Å²) in [5.41, 5.74) is 0.791. The van der Waals surface area contributed by atoms with Gasteiger partial charge in [0.1, 0.15) is 0 Å². The molecular weight excluding hydrogens is 250 g/mol. The van der Waals surface area contributed by atoms with Crippen molar-refractivity contribution in [3.05, 3.63) is 22.7 Å². The van der Waals surface area contributed by atoms with Crippen LogP contribution in [0.2, 0.25) is 5.02 Å². The predicted octanol–water partition coefficient (Wildman–Crippen LogP) is 3.33. The summed E-state index contributed by atoms with van der Waals surface area (Å²) in [7, 11) is 1.53. The Labute approximate surface area is 113 Å². The number of ether oxygens (including phenoxy) is 1. The molecule has 1 aliphatic carbocycles.